The number of hydrogen-bond acceptors (Lipinski definition) is 4. The Balaban J connectivity index is 1.97. The molecule has 0 bridgehead atoms. The molecule has 0 N–H and O–H groups in total. The first kappa shape index (κ1) is 17.1. The number of hydrogen-bond donors (Lipinski definition) is 0. The molecule has 0 spiro atoms. The van der Waals surface area contributed by atoms with Gasteiger partial charge in [-0.2, -0.15) is 0 Å². The van der Waals surface area contributed by atoms with Gasteiger partial charge in [0.15, 0.2) is 6.61 Å². The van der Waals surface area contributed by atoms with E-state index in [2.05, 4.69) is 0 Å². The minimum Gasteiger partial charge on any atom is -0.483 e. The van der Waals surface area contributed by atoms with E-state index in [0.29, 0.717) is 23.9 Å². The van der Waals surface area contributed by atoms with Crippen LogP contribution in [-0.2, 0) is 14.3 Å². The summed E-state index contributed by atoms with van der Waals surface area (Å²) in [6.45, 7) is 2.92. The molecule has 1 saturated heterocycles. The quantitative estimate of drug-likeness (QED) is 0.804. The van der Waals surface area contributed by atoms with Gasteiger partial charge in [-0.25, -0.2) is 0 Å². The maximum atomic E-state index is 12.4. The molecule has 6 heteroatoms. The topological polar surface area (TPSA) is 48.0 Å². The number of rotatable bonds is 6. The summed E-state index contributed by atoms with van der Waals surface area (Å²) in [6, 6.07) is 5.44. The van der Waals surface area contributed by atoms with E-state index >= 15 is 0 Å². The van der Waals surface area contributed by atoms with Gasteiger partial charge >= 0.3 is 0 Å². The van der Waals surface area contributed by atoms with E-state index < -0.39 is 0 Å². The zero-order valence-corrected chi connectivity index (χ0v) is 13.9. The predicted molar refractivity (Wildman–Crippen MR) is 84.5 cm³/mol. The predicted octanol–water partition coefficient (Wildman–Crippen LogP) is 2.29. The monoisotopic (exact) mass is 327 g/mol. The van der Waals surface area contributed by atoms with Gasteiger partial charge in [0.25, 0.3) is 5.91 Å². The summed E-state index contributed by atoms with van der Waals surface area (Å²) in [5.41, 5.74) is 0.835. The summed E-state index contributed by atoms with van der Waals surface area (Å²) in [5, 5.41) is 0.628. The Morgan fingerprint density at radius 2 is 2.18 bits per heavy atom. The molecule has 1 heterocycles. The van der Waals surface area contributed by atoms with Crippen LogP contribution in [0.15, 0.2) is 18.2 Å². The maximum Gasteiger partial charge on any atom is 0.260 e. The van der Waals surface area contributed by atoms with Crippen LogP contribution in [-0.4, -0.2) is 56.9 Å². The fourth-order valence-electron chi connectivity index (χ4n) is 2.67. The fraction of sp³-hybridized carbons (Fsp3) is 0.562. The van der Waals surface area contributed by atoms with Crippen molar-refractivity contribution in [1.82, 2.24) is 4.90 Å². The van der Waals surface area contributed by atoms with Crippen LogP contribution in [0.4, 0.5) is 0 Å². The Bertz CT molecular complexity index is 523. The first-order valence-corrected chi connectivity index (χ1v) is 7.63. The van der Waals surface area contributed by atoms with Crippen molar-refractivity contribution < 1.29 is 19.0 Å². The van der Waals surface area contributed by atoms with Gasteiger partial charge in [0, 0.05) is 31.4 Å². The average molecular weight is 328 g/mol. The zero-order valence-electron chi connectivity index (χ0n) is 13.2. The van der Waals surface area contributed by atoms with Crippen molar-refractivity contribution in [1.29, 1.82) is 0 Å². The number of benzene rings is 1. The molecule has 1 aromatic carbocycles. The van der Waals surface area contributed by atoms with Crippen molar-refractivity contribution >= 4 is 17.5 Å². The lowest BCUT2D eigenvalue weighted by molar-refractivity contribution is -0.135. The second-order valence-electron chi connectivity index (χ2n) is 5.40. The number of ether oxygens (including phenoxy) is 3. The molecule has 0 saturated carbocycles. The number of halogens is 1. The number of likely N-dealkylation sites (tertiary alicyclic amines) is 1. The molecule has 5 nitrogen and oxygen atoms in total. The van der Waals surface area contributed by atoms with Crippen molar-refractivity contribution in [3.8, 4) is 5.75 Å². The van der Waals surface area contributed by atoms with Crippen molar-refractivity contribution in [2.45, 2.75) is 25.5 Å². The highest BCUT2D eigenvalue weighted by atomic mass is 35.5. The number of methoxy groups -OCH3 is 2. The largest absolute Gasteiger partial charge is 0.483 e. The summed E-state index contributed by atoms with van der Waals surface area (Å²) >= 11 is 6.05. The molecule has 1 aliphatic heterocycles. The van der Waals surface area contributed by atoms with Gasteiger partial charge in [-0.3, -0.25) is 4.79 Å². The minimum absolute atomic E-state index is 0.0160. The lowest BCUT2D eigenvalue weighted by atomic mass is 10.2. The Kier molecular flexibility index (Phi) is 6.06. The Morgan fingerprint density at radius 1 is 1.41 bits per heavy atom. The smallest absolute Gasteiger partial charge is 0.260 e. The third kappa shape index (κ3) is 3.91. The molecule has 0 aliphatic carbocycles. The molecule has 122 valence electrons. The lowest BCUT2D eigenvalue weighted by Gasteiger charge is -2.24. The van der Waals surface area contributed by atoms with E-state index in [1.807, 2.05) is 13.0 Å². The van der Waals surface area contributed by atoms with Crippen LogP contribution < -0.4 is 4.74 Å². The minimum atomic E-state index is -0.0685. The van der Waals surface area contributed by atoms with Gasteiger partial charge in [0.1, 0.15) is 5.75 Å². The van der Waals surface area contributed by atoms with Gasteiger partial charge in [0.2, 0.25) is 0 Å². The second kappa shape index (κ2) is 7.81. The van der Waals surface area contributed by atoms with Gasteiger partial charge in [-0.15, -0.1) is 0 Å². The molecule has 1 aliphatic rings. The second-order valence-corrected chi connectivity index (χ2v) is 5.81. The molecule has 1 aromatic rings. The molecule has 2 atom stereocenters. The lowest BCUT2D eigenvalue weighted by Crippen LogP contribution is -2.41. The summed E-state index contributed by atoms with van der Waals surface area (Å²) < 4.78 is 16.2. The summed E-state index contributed by atoms with van der Waals surface area (Å²) in [6.07, 6.45) is 0.837. The highest BCUT2D eigenvalue weighted by Gasteiger charge is 2.35. The number of amides is 1. The molecule has 22 heavy (non-hydrogen) atoms. The van der Waals surface area contributed by atoms with Gasteiger partial charge < -0.3 is 19.1 Å². The molecule has 1 fully saturated rings. The third-order valence-electron chi connectivity index (χ3n) is 3.96. The van der Waals surface area contributed by atoms with E-state index in [1.54, 1.807) is 31.3 Å². The number of carbonyl (C=O) groups is 1. The average Bonchev–Trinajstić information content (AvgIpc) is 2.92. The fourth-order valence-corrected chi connectivity index (χ4v) is 2.83. The molecule has 0 unspecified atom stereocenters. The molecule has 0 aromatic heterocycles. The van der Waals surface area contributed by atoms with Crippen LogP contribution in [0.1, 0.15) is 12.0 Å². The van der Waals surface area contributed by atoms with E-state index in [1.165, 1.54) is 0 Å². The van der Waals surface area contributed by atoms with Crippen LogP contribution in [0.25, 0.3) is 0 Å². The molecular formula is C16H22ClNO4. The van der Waals surface area contributed by atoms with Gasteiger partial charge in [0.05, 0.1) is 18.8 Å². The van der Waals surface area contributed by atoms with Crippen molar-refractivity contribution in [3.05, 3.63) is 28.8 Å². The van der Waals surface area contributed by atoms with Crippen LogP contribution in [0, 0.1) is 6.92 Å². The zero-order chi connectivity index (χ0) is 16.1. The first-order valence-electron chi connectivity index (χ1n) is 7.26. The highest BCUT2D eigenvalue weighted by molar-refractivity contribution is 6.31. The summed E-state index contributed by atoms with van der Waals surface area (Å²) in [5.74, 6) is 0.563. The SMILES string of the molecule is COC[C@@H]1C[C@H](OC)CN1C(=O)COc1cccc(Cl)c1C. The summed E-state index contributed by atoms with van der Waals surface area (Å²) in [4.78, 5) is 14.2. The standard InChI is InChI=1S/C16H22ClNO4/c1-11-14(17)5-4-6-15(11)22-10-16(19)18-8-13(21-3)7-12(18)9-20-2/h4-6,12-13H,7-10H2,1-3H3/t12-,13-/m0/s1. The van der Waals surface area contributed by atoms with Crippen LogP contribution in [0.3, 0.4) is 0 Å². The van der Waals surface area contributed by atoms with Gasteiger partial charge in [-0.1, -0.05) is 17.7 Å². The van der Waals surface area contributed by atoms with Crippen LogP contribution in [0.2, 0.25) is 5.02 Å². The van der Waals surface area contributed by atoms with E-state index in [9.17, 15) is 4.79 Å². The Morgan fingerprint density at radius 3 is 2.86 bits per heavy atom. The van der Waals surface area contributed by atoms with Gasteiger partial charge in [-0.05, 0) is 25.5 Å². The molecule has 1 amide bonds. The third-order valence-corrected chi connectivity index (χ3v) is 4.37. The molecule has 2 rings (SSSR count). The Labute approximate surface area is 136 Å². The number of carbonyl (C=O) groups excluding carboxylic acids is 1. The van der Waals surface area contributed by atoms with Crippen LogP contribution >= 0.6 is 11.6 Å². The highest BCUT2D eigenvalue weighted by Crippen LogP contribution is 2.25. The first-order chi connectivity index (χ1) is 10.6. The van der Waals surface area contributed by atoms with E-state index in [-0.39, 0.29) is 24.7 Å². The summed E-state index contributed by atoms with van der Waals surface area (Å²) in [7, 11) is 3.29. The van der Waals surface area contributed by atoms with E-state index in [0.717, 1.165) is 12.0 Å². The van der Waals surface area contributed by atoms with Crippen molar-refractivity contribution in [3.63, 3.8) is 0 Å². The molecule has 0 radical (unpaired) electrons. The maximum absolute atomic E-state index is 12.4. The van der Waals surface area contributed by atoms with Crippen molar-refractivity contribution in [2.24, 2.45) is 0 Å². The van der Waals surface area contributed by atoms with E-state index in [4.69, 9.17) is 25.8 Å². The van der Waals surface area contributed by atoms with Crippen molar-refractivity contribution in [2.75, 3.05) is 34.0 Å². The molecular weight excluding hydrogens is 306 g/mol. The van der Waals surface area contributed by atoms with Crippen LogP contribution in [0.5, 0.6) is 5.75 Å². The normalized spacial score (nSPS) is 21.2. The Hall–Kier alpha value is -1.30. The number of nitrogens with zero attached hydrogens (tertiary/aromatic N) is 1.